The molecule has 1 N–H and O–H groups in total. The van der Waals surface area contributed by atoms with Gasteiger partial charge in [0.25, 0.3) is 0 Å². The van der Waals surface area contributed by atoms with Crippen molar-refractivity contribution in [2.24, 2.45) is 0 Å². The summed E-state index contributed by atoms with van der Waals surface area (Å²) in [5, 5.41) is 13.5. The molecular formula is C13H16O2S. The number of thiophene rings is 1. The number of ether oxygens (including phenoxy) is 1. The topological polar surface area (TPSA) is 29.5 Å². The second-order valence-electron chi connectivity index (χ2n) is 3.79. The average molecular weight is 236 g/mol. The van der Waals surface area contributed by atoms with E-state index in [4.69, 9.17) is 4.74 Å². The zero-order chi connectivity index (χ0) is 11.5. The molecule has 0 radical (unpaired) electrons. The number of rotatable bonds is 4. The number of aliphatic hydroxyl groups excluding tert-OH is 1. The van der Waals surface area contributed by atoms with Crippen LogP contribution in [-0.2, 0) is 4.74 Å². The second kappa shape index (κ2) is 4.95. The van der Waals surface area contributed by atoms with Crippen molar-refractivity contribution in [3.8, 4) is 0 Å². The van der Waals surface area contributed by atoms with Gasteiger partial charge in [-0.15, -0.1) is 11.3 Å². The lowest BCUT2D eigenvalue weighted by Crippen LogP contribution is -2.18. The van der Waals surface area contributed by atoms with Crippen molar-refractivity contribution in [1.29, 1.82) is 0 Å². The van der Waals surface area contributed by atoms with Crippen LogP contribution in [0.3, 0.4) is 0 Å². The molecule has 2 nitrogen and oxygen atoms in total. The SMILES string of the molecule is CCOC(C)C(O)c1cccc2ccsc12. The number of hydrogen-bond donors (Lipinski definition) is 1. The van der Waals surface area contributed by atoms with E-state index in [2.05, 4.69) is 12.1 Å². The van der Waals surface area contributed by atoms with Gasteiger partial charge in [-0.1, -0.05) is 18.2 Å². The third-order valence-electron chi connectivity index (χ3n) is 2.70. The van der Waals surface area contributed by atoms with E-state index in [1.54, 1.807) is 11.3 Å². The molecule has 16 heavy (non-hydrogen) atoms. The Labute approximate surface area is 99.5 Å². The maximum atomic E-state index is 10.2. The molecule has 0 bridgehead atoms. The Kier molecular flexibility index (Phi) is 3.59. The van der Waals surface area contributed by atoms with Crippen molar-refractivity contribution < 1.29 is 9.84 Å². The minimum absolute atomic E-state index is 0.169. The van der Waals surface area contributed by atoms with Gasteiger partial charge in [-0.05, 0) is 30.7 Å². The molecule has 2 rings (SSSR count). The lowest BCUT2D eigenvalue weighted by molar-refractivity contribution is -0.0220. The van der Waals surface area contributed by atoms with Crippen LogP contribution in [0.25, 0.3) is 10.1 Å². The summed E-state index contributed by atoms with van der Waals surface area (Å²) in [7, 11) is 0. The molecule has 0 aliphatic rings. The molecule has 0 aliphatic carbocycles. The molecule has 0 spiro atoms. The summed E-state index contributed by atoms with van der Waals surface area (Å²) in [6, 6.07) is 8.08. The Bertz CT molecular complexity index is 464. The molecule has 2 atom stereocenters. The Morgan fingerprint density at radius 1 is 1.38 bits per heavy atom. The van der Waals surface area contributed by atoms with E-state index in [9.17, 15) is 5.11 Å². The molecule has 1 heterocycles. The third-order valence-corrected chi connectivity index (χ3v) is 3.68. The lowest BCUT2D eigenvalue weighted by Gasteiger charge is -2.19. The molecule has 0 amide bonds. The molecular weight excluding hydrogens is 220 g/mol. The molecule has 0 aliphatic heterocycles. The molecule has 86 valence electrons. The molecule has 0 saturated heterocycles. The van der Waals surface area contributed by atoms with E-state index in [0.29, 0.717) is 6.61 Å². The number of fused-ring (bicyclic) bond motifs is 1. The van der Waals surface area contributed by atoms with Crippen molar-refractivity contribution in [1.82, 2.24) is 0 Å². The standard InChI is InChI=1S/C13H16O2S/c1-3-15-9(2)12(14)11-6-4-5-10-7-8-16-13(10)11/h4-9,12,14H,3H2,1-2H3. The number of hydrogen-bond acceptors (Lipinski definition) is 3. The van der Waals surface area contributed by atoms with Crippen LogP contribution in [0.1, 0.15) is 25.5 Å². The van der Waals surface area contributed by atoms with Crippen LogP contribution in [0, 0.1) is 0 Å². The van der Waals surface area contributed by atoms with Crippen LogP contribution in [-0.4, -0.2) is 17.8 Å². The summed E-state index contributed by atoms with van der Waals surface area (Å²) >= 11 is 1.66. The van der Waals surface area contributed by atoms with Crippen LogP contribution in [0.4, 0.5) is 0 Å². The van der Waals surface area contributed by atoms with Crippen molar-refractivity contribution in [3.63, 3.8) is 0 Å². The van der Waals surface area contributed by atoms with Crippen molar-refractivity contribution in [3.05, 3.63) is 35.2 Å². The highest BCUT2D eigenvalue weighted by atomic mass is 32.1. The van der Waals surface area contributed by atoms with Crippen LogP contribution >= 0.6 is 11.3 Å². The van der Waals surface area contributed by atoms with Crippen molar-refractivity contribution in [2.75, 3.05) is 6.61 Å². The van der Waals surface area contributed by atoms with Crippen LogP contribution in [0.5, 0.6) is 0 Å². The van der Waals surface area contributed by atoms with Crippen molar-refractivity contribution >= 4 is 21.4 Å². The maximum Gasteiger partial charge on any atom is 0.106 e. The van der Waals surface area contributed by atoms with E-state index in [0.717, 1.165) is 10.3 Å². The normalized spacial score (nSPS) is 15.2. The zero-order valence-corrected chi connectivity index (χ0v) is 10.3. The Morgan fingerprint density at radius 2 is 2.19 bits per heavy atom. The predicted octanol–water partition coefficient (Wildman–Crippen LogP) is 3.36. The van der Waals surface area contributed by atoms with Gasteiger partial charge in [0.2, 0.25) is 0 Å². The Morgan fingerprint density at radius 3 is 2.94 bits per heavy atom. The van der Waals surface area contributed by atoms with Gasteiger partial charge >= 0.3 is 0 Å². The molecule has 0 saturated carbocycles. The highest BCUT2D eigenvalue weighted by Gasteiger charge is 2.18. The summed E-state index contributed by atoms with van der Waals surface area (Å²) in [5.74, 6) is 0. The molecule has 1 aromatic carbocycles. The average Bonchev–Trinajstić information content (AvgIpc) is 2.76. The minimum atomic E-state index is -0.553. The van der Waals surface area contributed by atoms with Gasteiger partial charge in [-0.2, -0.15) is 0 Å². The predicted molar refractivity (Wildman–Crippen MR) is 67.9 cm³/mol. The van der Waals surface area contributed by atoms with E-state index in [1.807, 2.05) is 31.4 Å². The summed E-state index contributed by atoms with van der Waals surface area (Å²) in [6.07, 6.45) is -0.722. The smallest absolute Gasteiger partial charge is 0.106 e. The largest absolute Gasteiger partial charge is 0.386 e. The first-order chi connectivity index (χ1) is 7.74. The summed E-state index contributed by atoms with van der Waals surface area (Å²) in [5.41, 5.74) is 0.966. The number of benzene rings is 1. The minimum Gasteiger partial charge on any atom is -0.386 e. The van der Waals surface area contributed by atoms with E-state index < -0.39 is 6.10 Å². The first kappa shape index (κ1) is 11.6. The highest BCUT2D eigenvalue weighted by molar-refractivity contribution is 7.17. The summed E-state index contributed by atoms with van der Waals surface area (Å²) < 4.78 is 6.59. The van der Waals surface area contributed by atoms with E-state index in [-0.39, 0.29) is 6.10 Å². The zero-order valence-electron chi connectivity index (χ0n) is 9.51. The molecule has 2 unspecified atom stereocenters. The fourth-order valence-corrected chi connectivity index (χ4v) is 2.80. The lowest BCUT2D eigenvalue weighted by atomic mass is 10.0. The van der Waals surface area contributed by atoms with Gasteiger partial charge in [0.15, 0.2) is 0 Å². The first-order valence-corrected chi connectivity index (χ1v) is 6.37. The van der Waals surface area contributed by atoms with Gasteiger partial charge in [-0.3, -0.25) is 0 Å². The fraction of sp³-hybridized carbons (Fsp3) is 0.385. The molecule has 0 fully saturated rings. The quantitative estimate of drug-likeness (QED) is 0.882. The monoisotopic (exact) mass is 236 g/mol. The van der Waals surface area contributed by atoms with Crippen LogP contribution in [0.15, 0.2) is 29.6 Å². The van der Waals surface area contributed by atoms with Gasteiger partial charge in [0, 0.05) is 16.9 Å². The summed E-state index contributed by atoms with van der Waals surface area (Å²) in [4.78, 5) is 0. The van der Waals surface area contributed by atoms with E-state index >= 15 is 0 Å². The molecule has 2 aromatic rings. The van der Waals surface area contributed by atoms with Crippen LogP contribution in [0.2, 0.25) is 0 Å². The molecule has 1 aromatic heterocycles. The second-order valence-corrected chi connectivity index (χ2v) is 4.71. The summed E-state index contributed by atoms with van der Waals surface area (Å²) in [6.45, 7) is 4.47. The Hall–Kier alpha value is -0.900. The first-order valence-electron chi connectivity index (χ1n) is 5.49. The van der Waals surface area contributed by atoms with Crippen LogP contribution < -0.4 is 0 Å². The fourth-order valence-electron chi connectivity index (χ4n) is 1.86. The van der Waals surface area contributed by atoms with E-state index in [1.165, 1.54) is 5.39 Å². The Balaban J connectivity index is 2.35. The van der Waals surface area contributed by atoms with Gasteiger partial charge in [0.05, 0.1) is 6.10 Å². The third kappa shape index (κ3) is 2.12. The van der Waals surface area contributed by atoms with Gasteiger partial charge < -0.3 is 9.84 Å². The van der Waals surface area contributed by atoms with Gasteiger partial charge in [0.1, 0.15) is 6.10 Å². The number of aliphatic hydroxyl groups is 1. The molecule has 3 heteroatoms. The van der Waals surface area contributed by atoms with Crippen molar-refractivity contribution in [2.45, 2.75) is 26.1 Å². The highest BCUT2D eigenvalue weighted by Crippen LogP contribution is 2.31. The maximum absolute atomic E-state index is 10.2. The van der Waals surface area contributed by atoms with Gasteiger partial charge in [-0.25, -0.2) is 0 Å².